The Hall–Kier alpha value is -1.36. The van der Waals surface area contributed by atoms with Gasteiger partial charge in [-0.2, -0.15) is 13.2 Å². The van der Waals surface area contributed by atoms with Crippen molar-refractivity contribution in [2.75, 3.05) is 0 Å². The molecule has 94 valence electrons. The van der Waals surface area contributed by atoms with E-state index in [0.29, 0.717) is 18.9 Å². The molecule has 0 spiro atoms. The molecule has 0 aromatic heterocycles. The van der Waals surface area contributed by atoms with E-state index in [9.17, 15) is 17.6 Å². The molecule has 0 radical (unpaired) electrons. The zero-order valence-electron chi connectivity index (χ0n) is 9.10. The van der Waals surface area contributed by atoms with Crippen molar-refractivity contribution >= 4 is 0 Å². The van der Waals surface area contributed by atoms with Crippen LogP contribution in [0.1, 0.15) is 30.0 Å². The topological polar surface area (TPSA) is 26.0 Å². The van der Waals surface area contributed by atoms with Gasteiger partial charge in [0, 0.05) is 11.6 Å². The standard InChI is InChI=1S/C12H13F4N/c1-2-3-4-11(17)9-6-5-8(7-10(9)13)12(14,15)16/h2,5-7,11H,1,3-4,17H2/t11-/m0/s1. The number of hydrogen-bond donors (Lipinski definition) is 1. The van der Waals surface area contributed by atoms with Crippen molar-refractivity contribution in [2.45, 2.75) is 25.1 Å². The van der Waals surface area contributed by atoms with Gasteiger partial charge in [0.05, 0.1) is 5.56 Å². The zero-order chi connectivity index (χ0) is 13.1. The summed E-state index contributed by atoms with van der Waals surface area (Å²) in [6, 6.07) is 1.79. The monoisotopic (exact) mass is 247 g/mol. The van der Waals surface area contributed by atoms with Crippen molar-refractivity contribution < 1.29 is 17.6 Å². The van der Waals surface area contributed by atoms with E-state index in [2.05, 4.69) is 6.58 Å². The minimum absolute atomic E-state index is 0.0971. The van der Waals surface area contributed by atoms with Crippen molar-refractivity contribution in [2.24, 2.45) is 5.73 Å². The summed E-state index contributed by atoms with van der Waals surface area (Å²) in [7, 11) is 0. The van der Waals surface area contributed by atoms with Crippen LogP contribution in [-0.4, -0.2) is 0 Å². The number of nitrogens with two attached hydrogens (primary N) is 1. The van der Waals surface area contributed by atoms with Crippen LogP contribution in [0.2, 0.25) is 0 Å². The minimum atomic E-state index is -4.54. The molecule has 2 N–H and O–H groups in total. The Morgan fingerprint density at radius 3 is 2.47 bits per heavy atom. The van der Waals surface area contributed by atoms with E-state index >= 15 is 0 Å². The minimum Gasteiger partial charge on any atom is -0.324 e. The smallest absolute Gasteiger partial charge is 0.324 e. The van der Waals surface area contributed by atoms with Gasteiger partial charge >= 0.3 is 6.18 Å². The van der Waals surface area contributed by atoms with Crippen LogP contribution >= 0.6 is 0 Å². The van der Waals surface area contributed by atoms with Gasteiger partial charge in [0.2, 0.25) is 0 Å². The first-order valence-electron chi connectivity index (χ1n) is 5.09. The summed E-state index contributed by atoms with van der Waals surface area (Å²) in [4.78, 5) is 0. The van der Waals surface area contributed by atoms with E-state index in [0.717, 1.165) is 12.1 Å². The lowest BCUT2D eigenvalue weighted by Gasteiger charge is -2.14. The maximum Gasteiger partial charge on any atom is 0.416 e. The molecule has 0 amide bonds. The summed E-state index contributed by atoms with van der Waals surface area (Å²) in [5.74, 6) is -0.920. The molecule has 0 saturated heterocycles. The lowest BCUT2D eigenvalue weighted by atomic mass is 10.0. The quantitative estimate of drug-likeness (QED) is 0.635. The Labute approximate surface area is 96.9 Å². The molecule has 1 nitrogen and oxygen atoms in total. The van der Waals surface area contributed by atoms with Crippen LogP contribution in [-0.2, 0) is 6.18 Å². The van der Waals surface area contributed by atoms with Gasteiger partial charge < -0.3 is 5.73 Å². The highest BCUT2D eigenvalue weighted by atomic mass is 19.4. The fraction of sp³-hybridized carbons (Fsp3) is 0.333. The predicted molar refractivity (Wildman–Crippen MR) is 57.8 cm³/mol. The largest absolute Gasteiger partial charge is 0.416 e. The first-order chi connectivity index (χ1) is 7.86. The fourth-order valence-corrected chi connectivity index (χ4v) is 1.46. The molecule has 1 aromatic rings. The molecular weight excluding hydrogens is 234 g/mol. The summed E-state index contributed by atoms with van der Waals surface area (Å²) >= 11 is 0. The number of benzene rings is 1. The van der Waals surface area contributed by atoms with E-state index in [1.807, 2.05) is 0 Å². The lowest BCUT2D eigenvalue weighted by Crippen LogP contribution is -2.13. The lowest BCUT2D eigenvalue weighted by molar-refractivity contribution is -0.137. The second-order valence-corrected chi connectivity index (χ2v) is 3.71. The molecule has 1 rings (SSSR count). The molecule has 5 heteroatoms. The maximum absolute atomic E-state index is 13.5. The summed E-state index contributed by atoms with van der Waals surface area (Å²) in [6.07, 6.45) is -1.88. The van der Waals surface area contributed by atoms with Crippen LogP contribution in [0.25, 0.3) is 0 Å². The molecule has 0 saturated carbocycles. The average Bonchev–Trinajstić information content (AvgIpc) is 2.24. The number of alkyl halides is 3. The third-order valence-electron chi connectivity index (χ3n) is 2.41. The number of rotatable bonds is 4. The Bertz CT molecular complexity index is 398. The molecule has 0 aliphatic heterocycles. The molecule has 1 atom stereocenters. The van der Waals surface area contributed by atoms with Crippen LogP contribution in [0.3, 0.4) is 0 Å². The van der Waals surface area contributed by atoms with Crippen molar-refractivity contribution in [1.29, 1.82) is 0 Å². The predicted octanol–water partition coefficient (Wildman–Crippen LogP) is 3.81. The van der Waals surface area contributed by atoms with Crippen molar-refractivity contribution in [1.82, 2.24) is 0 Å². The highest BCUT2D eigenvalue weighted by Crippen LogP contribution is 2.31. The summed E-state index contributed by atoms with van der Waals surface area (Å²) in [5, 5.41) is 0. The molecule has 0 aliphatic carbocycles. The molecule has 17 heavy (non-hydrogen) atoms. The van der Waals surface area contributed by atoms with Crippen molar-refractivity contribution in [3.63, 3.8) is 0 Å². The molecule has 0 fully saturated rings. The molecule has 1 aromatic carbocycles. The Morgan fingerprint density at radius 1 is 1.35 bits per heavy atom. The highest BCUT2D eigenvalue weighted by molar-refractivity contribution is 5.28. The Balaban J connectivity index is 2.93. The average molecular weight is 247 g/mol. The summed E-state index contributed by atoms with van der Waals surface area (Å²) in [6.45, 7) is 3.50. The number of hydrogen-bond acceptors (Lipinski definition) is 1. The first kappa shape index (κ1) is 13.7. The van der Waals surface area contributed by atoms with Gasteiger partial charge in [-0.15, -0.1) is 6.58 Å². The maximum atomic E-state index is 13.5. The van der Waals surface area contributed by atoms with Crippen LogP contribution in [0.4, 0.5) is 17.6 Å². The van der Waals surface area contributed by atoms with Crippen LogP contribution in [0, 0.1) is 5.82 Å². The van der Waals surface area contributed by atoms with Crippen molar-refractivity contribution in [3.8, 4) is 0 Å². The second-order valence-electron chi connectivity index (χ2n) is 3.71. The van der Waals surface area contributed by atoms with Crippen LogP contribution < -0.4 is 5.73 Å². The third kappa shape index (κ3) is 3.56. The fourth-order valence-electron chi connectivity index (χ4n) is 1.46. The number of halogens is 4. The van der Waals surface area contributed by atoms with E-state index < -0.39 is 23.6 Å². The Kier molecular flexibility index (Phi) is 4.28. The van der Waals surface area contributed by atoms with E-state index in [1.165, 1.54) is 0 Å². The van der Waals surface area contributed by atoms with Gasteiger partial charge in [0.15, 0.2) is 0 Å². The molecule has 0 heterocycles. The van der Waals surface area contributed by atoms with Gasteiger partial charge in [-0.1, -0.05) is 12.1 Å². The van der Waals surface area contributed by atoms with Crippen LogP contribution in [0.15, 0.2) is 30.9 Å². The third-order valence-corrected chi connectivity index (χ3v) is 2.41. The molecule has 0 unspecified atom stereocenters. The molecular formula is C12H13F4N. The summed E-state index contributed by atoms with van der Waals surface area (Å²) in [5.41, 5.74) is 4.76. The SMILES string of the molecule is C=CCC[C@H](N)c1ccc(C(F)(F)F)cc1F. The second kappa shape index (κ2) is 5.31. The zero-order valence-corrected chi connectivity index (χ0v) is 9.10. The highest BCUT2D eigenvalue weighted by Gasteiger charge is 2.31. The van der Waals surface area contributed by atoms with Crippen molar-refractivity contribution in [3.05, 3.63) is 47.8 Å². The first-order valence-corrected chi connectivity index (χ1v) is 5.09. The van der Waals surface area contributed by atoms with E-state index in [-0.39, 0.29) is 5.56 Å². The normalized spacial score (nSPS) is 13.5. The molecule has 0 bridgehead atoms. The van der Waals surface area contributed by atoms with Gasteiger partial charge in [0.25, 0.3) is 0 Å². The summed E-state index contributed by atoms with van der Waals surface area (Å²) < 4.78 is 50.3. The van der Waals surface area contributed by atoms with Gasteiger partial charge in [0.1, 0.15) is 5.82 Å². The number of allylic oxidation sites excluding steroid dienone is 1. The Morgan fingerprint density at radius 2 is 2.00 bits per heavy atom. The molecule has 0 aliphatic rings. The van der Waals surface area contributed by atoms with E-state index in [4.69, 9.17) is 5.73 Å². The van der Waals surface area contributed by atoms with Gasteiger partial charge in [-0.3, -0.25) is 0 Å². The van der Waals surface area contributed by atoms with Crippen LogP contribution in [0.5, 0.6) is 0 Å². The van der Waals surface area contributed by atoms with E-state index in [1.54, 1.807) is 6.08 Å². The van der Waals surface area contributed by atoms with Gasteiger partial charge in [-0.25, -0.2) is 4.39 Å². The van der Waals surface area contributed by atoms with Gasteiger partial charge in [-0.05, 0) is 25.0 Å².